The molecular formula is C20H36Cl2N2O. The fourth-order valence-corrected chi connectivity index (χ4v) is 3.71. The molecule has 2 unspecified atom stereocenters. The molecule has 0 fully saturated rings. The number of nitrogens with one attached hydrogen (secondary N) is 1. The van der Waals surface area contributed by atoms with Crippen LogP contribution >= 0.6 is 24.8 Å². The van der Waals surface area contributed by atoms with Crippen LogP contribution in [0.3, 0.4) is 0 Å². The molecule has 1 N–H and O–H groups in total. The van der Waals surface area contributed by atoms with Crippen LogP contribution in [0.15, 0.2) is 18.2 Å². The Bertz CT molecular complexity index is 467. The van der Waals surface area contributed by atoms with Crippen molar-refractivity contribution < 1.29 is 4.74 Å². The molecule has 0 aliphatic heterocycles. The van der Waals surface area contributed by atoms with Crippen LogP contribution in [0.5, 0.6) is 5.75 Å². The van der Waals surface area contributed by atoms with Crippen molar-refractivity contribution in [3.63, 3.8) is 0 Å². The molecule has 2 atom stereocenters. The summed E-state index contributed by atoms with van der Waals surface area (Å²) in [5, 5.41) is 3.92. The van der Waals surface area contributed by atoms with Crippen molar-refractivity contribution in [2.24, 2.45) is 0 Å². The zero-order valence-corrected chi connectivity index (χ0v) is 17.8. The Kier molecular flexibility index (Phi) is 12.6. The van der Waals surface area contributed by atoms with Gasteiger partial charge in [0.2, 0.25) is 0 Å². The number of methoxy groups -OCH3 is 1. The number of hydrogen-bond acceptors (Lipinski definition) is 3. The first-order valence-corrected chi connectivity index (χ1v) is 9.34. The van der Waals surface area contributed by atoms with Crippen molar-refractivity contribution >= 4 is 24.8 Å². The van der Waals surface area contributed by atoms with Gasteiger partial charge in [-0.2, -0.15) is 0 Å². The first-order valence-electron chi connectivity index (χ1n) is 9.34. The largest absolute Gasteiger partial charge is 0.496 e. The zero-order chi connectivity index (χ0) is 16.7. The molecule has 0 heterocycles. The highest BCUT2D eigenvalue weighted by atomic mass is 35.5. The Morgan fingerprint density at radius 2 is 1.92 bits per heavy atom. The second-order valence-corrected chi connectivity index (χ2v) is 6.63. The minimum absolute atomic E-state index is 0. The minimum Gasteiger partial charge on any atom is -0.496 e. The van der Waals surface area contributed by atoms with Crippen molar-refractivity contribution in [3.8, 4) is 5.75 Å². The number of nitrogens with zero attached hydrogens (tertiary/aromatic N) is 1. The molecule has 2 rings (SSSR count). The first-order chi connectivity index (χ1) is 11.2. The Hall–Kier alpha value is -0.480. The molecule has 1 aliphatic carbocycles. The molecule has 0 bridgehead atoms. The van der Waals surface area contributed by atoms with E-state index in [-0.39, 0.29) is 24.8 Å². The zero-order valence-electron chi connectivity index (χ0n) is 16.2. The maximum Gasteiger partial charge on any atom is 0.122 e. The van der Waals surface area contributed by atoms with E-state index in [1.165, 1.54) is 36.9 Å². The van der Waals surface area contributed by atoms with E-state index in [4.69, 9.17) is 4.74 Å². The second kappa shape index (κ2) is 12.8. The number of fused-ring (bicyclic) bond motifs is 1. The lowest BCUT2D eigenvalue weighted by atomic mass is 9.87. The summed E-state index contributed by atoms with van der Waals surface area (Å²) < 4.78 is 5.57. The summed E-state index contributed by atoms with van der Waals surface area (Å²) in [5.74, 6) is 1.06. The van der Waals surface area contributed by atoms with E-state index in [0.29, 0.717) is 12.1 Å². The number of halogens is 2. The lowest BCUT2D eigenvalue weighted by molar-refractivity contribution is 0.268. The van der Waals surface area contributed by atoms with E-state index in [0.717, 1.165) is 31.7 Å². The van der Waals surface area contributed by atoms with Gasteiger partial charge in [-0.15, -0.1) is 24.8 Å². The van der Waals surface area contributed by atoms with Gasteiger partial charge < -0.3 is 15.0 Å². The van der Waals surface area contributed by atoms with Gasteiger partial charge in [0.05, 0.1) is 7.11 Å². The van der Waals surface area contributed by atoms with Gasteiger partial charge in [-0.25, -0.2) is 0 Å². The van der Waals surface area contributed by atoms with Crippen LogP contribution in [-0.2, 0) is 12.8 Å². The van der Waals surface area contributed by atoms with Crippen LogP contribution in [0.4, 0.5) is 0 Å². The van der Waals surface area contributed by atoms with Gasteiger partial charge in [-0.3, -0.25) is 0 Å². The Morgan fingerprint density at radius 3 is 2.52 bits per heavy atom. The lowest BCUT2D eigenvalue weighted by Crippen LogP contribution is -2.43. The van der Waals surface area contributed by atoms with Crippen LogP contribution in [-0.4, -0.2) is 43.7 Å². The van der Waals surface area contributed by atoms with E-state index in [1.807, 2.05) is 0 Å². The average molecular weight is 391 g/mol. The predicted molar refractivity (Wildman–Crippen MR) is 113 cm³/mol. The van der Waals surface area contributed by atoms with Crippen LogP contribution in [0, 0.1) is 0 Å². The fraction of sp³-hybridized carbons (Fsp3) is 0.700. The molecule has 0 amide bonds. The minimum atomic E-state index is 0. The van der Waals surface area contributed by atoms with Gasteiger partial charge in [0.1, 0.15) is 5.75 Å². The molecule has 0 saturated heterocycles. The molecule has 5 heteroatoms. The number of hydrogen-bond donors (Lipinski definition) is 1. The Labute approximate surface area is 166 Å². The fourth-order valence-electron chi connectivity index (χ4n) is 3.71. The standard InChI is InChI=1S/C20H34N2O.2ClH/c1-5-17(13-14-22(6-2)7-3)21-18-12-11-16-9-8-10-20(23-4)19(16)15-18;;/h8-10,17-18,21H,5-7,11-15H2,1-4H3;2*1H. The van der Waals surface area contributed by atoms with Crippen molar-refractivity contribution in [3.05, 3.63) is 29.3 Å². The average Bonchev–Trinajstić information content (AvgIpc) is 2.60. The van der Waals surface area contributed by atoms with Crippen LogP contribution in [0.2, 0.25) is 0 Å². The summed E-state index contributed by atoms with van der Waals surface area (Å²) in [6, 6.07) is 7.67. The summed E-state index contributed by atoms with van der Waals surface area (Å²) in [4.78, 5) is 2.52. The van der Waals surface area contributed by atoms with Crippen molar-refractivity contribution in [2.45, 2.75) is 65.0 Å². The van der Waals surface area contributed by atoms with Crippen molar-refractivity contribution in [1.29, 1.82) is 0 Å². The molecule has 3 nitrogen and oxygen atoms in total. The number of aryl methyl sites for hydroxylation is 1. The van der Waals surface area contributed by atoms with Gasteiger partial charge in [0, 0.05) is 12.1 Å². The number of ether oxygens (including phenoxy) is 1. The van der Waals surface area contributed by atoms with Crippen molar-refractivity contribution in [1.82, 2.24) is 10.2 Å². The van der Waals surface area contributed by atoms with Crippen LogP contribution in [0.1, 0.15) is 51.2 Å². The maximum absolute atomic E-state index is 5.57. The van der Waals surface area contributed by atoms with Crippen molar-refractivity contribution in [2.75, 3.05) is 26.7 Å². The van der Waals surface area contributed by atoms with E-state index in [2.05, 4.69) is 49.2 Å². The van der Waals surface area contributed by atoms with Gasteiger partial charge in [-0.1, -0.05) is 32.9 Å². The number of rotatable bonds is 9. The van der Waals surface area contributed by atoms with Gasteiger partial charge in [0.15, 0.2) is 0 Å². The highest BCUT2D eigenvalue weighted by molar-refractivity contribution is 5.85. The SMILES string of the molecule is CCC(CCN(CC)CC)NC1CCc2cccc(OC)c2C1.Cl.Cl. The Balaban J connectivity index is 0.00000288. The molecule has 25 heavy (non-hydrogen) atoms. The summed E-state index contributed by atoms with van der Waals surface area (Å²) in [6.45, 7) is 10.3. The van der Waals surface area contributed by atoms with Gasteiger partial charge in [-0.05, 0) is 68.9 Å². The summed E-state index contributed by atoms with van der Waals surface area (Å²) in [7, 11) is 1.78. The van der Waals surface area contributed by atoms with E-state index < -0.39 is 0 Å². The van der Waals surface area contributed by atoms with E-state index in [9.17, 15) is 0 Å². The molecule has 1 aromatic rings. The monoisotopic (exact) mass is 390 g/mol. The lowest BCUT2D eigenvalue weighted by Gasteiger charge is -2.31. The quantitative estimate of drug-likeness (QED) is 0.671. The third kappa shape index (κ3) is 6.97. The summed E-state index contributed by atoms with van der Waals surface area (Å²) in [6.07, 6.45) is 5.95. The first kappa shape index (κ1) is 24.5. The smallest absolute Gasteiger partial charge is 0.122 e. The highest BCUT2D eigenvalue weighted by Gasteiger charge is 2.23. The van der Waals surface area contributed by atoms with Gasteiger partial charge in [0.25, 0.3) is 0 Å². The molecular weight excluding hydrogens is 355 g/mol. The van der Waals surface area contributed by atoms with E-state index >= 15 is 0 Å². The third-order valence-electron chi connectivity index (χ3n) is 5.32. The molecule has 1 aliphatic rings. The predicted octanol–water partition coefficient (Wildman–Crippen LogP) is 4.50. The Morgan fingerprint density at radius 1 is 1.20 bits per heavy atom. The normalized spacial score (nSPS) is 17.2. The topological polar surface area (TPSA) is 24.5 Å². The van der Waals surface area contributed by atoms with E-state index in [1.54, 1.807) is 7.11 Å². The molecule has 0 aromatic heterocycles. The van der Waals surface area contributed by atoms with Crippen LogP contribution in [0.25, 0.3) is 0 Å². The van der Waals surface area contributed by atoms with Gasteiger partial charge >= 0.3 is 0 Å². The molecule has 1 aromatic carbocycles. The summed E-state index contributed by atoms with van der Waals surface area (Å²) >= 11 is 0. The van der Waals surface area contributed by atoms with Crippen LogP contribution < -0.4 is 10.1 Å². The molecule has 0 radical (unpaired) electrons. The second-order valence-electron chi connectivity index (χ2n) is 6.63. The highest BCUT2D eigenvalue weighted by Crippen LogP contribution is 2.29. The molecule has 0 spiro atoms. The molecule has 0 saturated carbocycles. The molecule has 146 valence electrons. The third-order valence-corrected chi connectivity index (χ3v) is 5.32. The number of benzene rings is 1. The maximum atomic E-state index is 5.57. The summed E-state index contributed by atoms with van der Waals surface area (Å²) in [5.41, 5.74) is 2.89.